The number of anilines is 3. The maximum Gasteiger partial charge on any atom is 0.169 e. The van der Waals surface area contributed by atoms with Gasteiger partial charge in [0.05, 0.1) is 17.3 Å². The summed E-state index contributed by atoms with van der Waals surface area (Å²) in [7, 11) is 0. The molecule has 0 spiro atoms. The van der Waals surface area contributed by atoms with Crippen LogP contribution in [0.2, 0.25) is 0 Å². The van der Waals surface area contributed by atoms with E-state index in [9.17, 15) is 0 Å². The number of pyridine rings is 1. The van der Waals surface area contributed by atoms with Crippen molar-refractivity contribution in [3.63, 3.8) is 0 Å². The zero-order valence-electron chi connectivity index (χ0n) is 23.5. The smallest absolute Gasteiger partial charge is 0.169 e. The minimum Gasteiger partial charge on any atom is -0.371 e. The molecule has 0 saturated carbocycles. The van der Waals surface area contributed by atoms with Gasteiger partial charge < -0.3 is 15.1 Å². The van der Waals surface area contributed by atoms with E-state index >= 15 is 0 Å². The predicted octanol–water partition coefficient (Wildman–Crippen LogP) is 6.24. The normalized spacial score (nSPS) is 14.2. The summed E-state index contributed by atoms with van der Waals surface area (Å²) < 4.78 is 1.90. The highest BCUT2D eigenvalue weighted by Gasteiger charge is 2.23. The van der Waals surface area contributed by atoms with Crippen molar-refractivity contribution in [2.24, 2.45) is 0 Å². The van der Waals surface area contributed by atoms with Crippen LogP contribution in [0.1, 0.15) is 32.3 Å². The highest BCUT2D eigenvalue weighted by Crippen LogP contribution is 2.30. The topological polar surface area (TPSA) is 75.0 Å². The molecule has 0 amide bonds. The van der Waals surface area contributed by atoms with Crippen LogP contribution in [0.25, 0.3) is 28.1 Å². The van der Waals surface area contributed by atoms with Gasteiger partial charge in [-0.1, -0.05) is 31.5 Å². The zero-order chi connectivity index (χ0) is 27.5. The summed E-state index contributed by atoms with van der Waals surface area (Å²) in [5.41, 5.74) is 6.06. The van der Waals surface area contributed by atoms with Crippen molar-refractivity contribution < 1.29 is 0 Å². The largest absolute Gasteiger partial charge is 0.371 e. The first-order valence-electron chi connectivity index (χ1n) is 14.2. The average molecular weight is 533 g/mol. The van der Waals surface area contributed by atoms with Gasteiger partial charge in [-0.2, -0.15) is 5.10 Å². The van der Waals surface area contributed by atoms with E-state index in [2.05, 4.69) is 89.4 Å². The van der Waals surface area contributed by atoms with Crippen LogP contribution in [-0.2, 0) is 0 Å². The van der Waals surface area contributed by atoms with E-state index in [1.807, 2.05) is 23.0 Å². The summed E-state index contributed by atoms with van der Waals surface area (Å²) in [6, 6.07) is 21.5. The van der Waals surface area contributed by atoms with Gasteiger partial charge in [0.25, 0.3) is 0 Å². The van der Waals surface area contributed by atoms with Gasteiger partial charge in [-0.3, -0.25) is 4.98 Å². The van der Waals surface area contributed by atoms with Crippen LogP contribution >= 0.6 is 0 Å². The number of nitrogens with zero attached hydrogens (tertiary/aromatic N) is 7. The lowest BCUT2D eigenvalue weighted by atomic mass is 10.0. The van der Waals surface area contributed by atoms with Gasteiger partial charge in [-0.15, -0.1) is 0 Å². The number of rotatable bonds is 8. The summed E-state index contributed by atoms with van der Waals surface area (Å²) in [5, 5.41) is 9.10. The monoisotopic (exact) mass is 532 g/mol. The third-order valence-electron chi connectivity index (χ3n) is 7.93. The first kappa shape index (κ1) is 26.0. The number of piperidine rings is 1. The van der Waals surface area contributed by atoms with Gasteiger partial charge in [0.2, 0.25) is 0 Å². The van der Waals surface area contributed by atoms with E-state index in [4.69, 9.17) is 15.1 Å². The Bertz CT molecular complexity index is 1550. The molecule has 3 aromatic heterocycles. The molecule has 0 aliphatic carbocycles. The van der Waals surface area contributed by atoms with Crippen LogP contribution in [0.3, 0.4) is 0 Å². The molecule has 4 heterocycles. The second-order valence-electron chi connectivity index (χ2n) is 10.4. The molecule has 1 aliphatic rings. The van der Waals surface area contributed by atoms with Crippen LogP contribution in [0, 0.1) is 6.92 Å². The Labute approximate surface area is 235 Å². The van der Waals surface area contributed by atoms with Crippen LogP contribution in [-0.4, -0.2) is 61.9 Å². The van der Waals surface area contributed by atoms with Crippen molar-refractivity contribution in [1.82, 2.24) is 29.6 Å². The summed E-state index contributed by atoms with van der Waals surface area (Å²) in [6.07, 6.45) is 7.78. The van der Waals surface area contributed by atoms with Gasteiger partial charge in [0.1, 0.15) is 5.82 Å². The predicted molar refractivity (Wildman–Crippen MR) is 163 cm³/mol. The minimum atomic E-state index is 0.624. The lowest BCUT2D eigenvalue weighted by molar-refractivity contribution is 0.186. The molecule has 8 nitrogen and oxygen atoms in total. The molecule has 1 N–H and O–H groups in total. The van der Waals surface area contributed by atoms with Gasteiger partial charge >= 0.3 is 0 Å². The van der Waals surface area contributed by atoms with Crippen molar-refractivity contribution in [1.29, 1.82) is 0 Å². The molecule has 8 heteroatoms. The average Bonchev–Trinajstić information content (AvgIpc) is 3.44. The molecule has 0 atom stereocenters. The summed E-state index contributed by atoms with van der Waals surface area (Å²) in [6.45, 7) is 11.0. The number of aromatic nitrogens is 5. The molecule has 1 fully saturated rings. The summed E-state index contributed by atoms with van der Waals surface area (Å²) >= 11 is 0. The standard InChI is InChI=1S/C32H36N8/c1-4-38(5-2)27-16-20-39(21-17-27)26-10-12-28(13-11-26)40-32-29(22-34-40)31(35-25-8-6-23(3)7-9-25)36-30(37-32)24-14-18-33-19-15-24/h6-15,18-19,22,27H,4-5,16-17,20-21H2,1-3H3,(H,35,36,37). The molecule has 40 heavy (non-hydrogen) atoms. The van der Waals surface area contributed by atoms with E-state index in [-0.39, 0.29) is 0 Å². The second kappa shape index (κ2) is 11.4. The van der Waals surface area contributed by atoms with Crippen molar-refractivity contribution in [2.75, 3.05) is 36.4 Å². The maximum atomic E-state index is 4.96. The fraction of sp³-hybridized carbons (Fsp3) is 0.312. The third kappa shape index (κ3) is 5.27. The quantitative estimate of drug-likeness (QED) is 0.254. The minimum absolute atomic E-state index is 0.624. The van der Waals surface area contributed by atoms with E-state index in [0.717, 1.165) is 60.0 Å². The maximum absolute atomic E-state index is 4.96. The first-order valence-corrected chi connectivity index (χ1v) is 14.2. The van der Waals surface area contributed by atoms with E-state index in [1.54, 1.807) is 12.4 Å². The molecule has 204 valence electrons. The Kier molecular flexibility index (Phi) is 7.42. The molecular formula is C32H36N8. The lowest BCUT2D eigenvalue weighted by Crippen LogP contribution is -2.44. The number of fused-ring (bicyclic) bond motifs is 1. The fourth-order valence-electron chi connectivity index (χ4n) is 5.63. The van der Waals surface area contributed by atoms with Crippen LogP contribution in [0.5, 0.6) is 0 Å². The molecule has 0 bridgehead atoms. The van der Waals surface area contributed by atoms with Crippen LogP contribution in [0.4, 0.5) is 17.2 Å². The molecule has 1 aliphatic heterocycles. The highest BCUT2D eigenvalue weighted by molar-refractivity contribution is 5.91. The van der Waals surface area contributed by atoms with Crippen LogP contribution in [0.15, 0.2) is 79.3 Å². The van der Waals surface area contributed by atoms with E-state index < -0.39 is 0 Å². The van der Waals surface area contributed by atoms with Gasteiger partial charge in [-0.05, 0) is 81.4 Å². The Hall–Kier alpha value is -4.30. The van der Waals surface area contributed by atoms with Gasteiger partial charge in [-0.25, -0.2) is 14.6 Å². The molecular weight excluding hydrogens is 496 g/mol. The van der Waals surface area contributed by atoms with Crippen molar-refractivity contribution in [3.8, 4) is 17.1 Å². The molecule has 6 rings (SSSR count). The number of hydrogen-bond acceptors (Lipinski definition) is 7. The molecule has 5 aromatic rings. The number of benzene rings is 2. The first-order chi connectivity index (χ1) is 19.6. The summed E-state index contributed by atoms with van der Waals surface area (Å²) in [4.78, 5) is 19.1. The highest BCUT2D eigenvalue weighted by atomic mass is 15.3. The van der Waals surface area contributed by atoms with E-state index in [0.29, 0.717) is 11.9 Å². The van der Waals surface area contributed by atoms with Gasteiger partial charge in [0.15, 0.2) is 11.5 Å². The lowest BCUT2D eigenvalue weighted by Gasteiger charge is -2.38. The third-order valence-corrected chi connectivity index (χ3v) is 7.93. The molecule has 0 unspecified atom stereocenters. The Morgan fingerprint density at radius 1 is 0.850 bits per heavy atom. The Balaban J connectivity index is 1.31. The molecule has 2 aromatic carbocycles. The Morgan fingerprint density at radius 2 is 1.52 bits per heavy atom. The van der Waals surface area contributed by atoms with Crippen LogP contribution < -0.4 is 10.2 Å². The number of hydrogen-bond donors (Lipinski definition) is 1. The second-order valence-corrected chi connectivity index (χ2v) is 10.4. The van der Waals surface area contributed by atoms with Crippen molar-refractivity contribution >= 4 is 28.2 Å². The van der Waals surface area contributed by atoms with Crippen molar-refractivity contribution in [3.05, 3.63) is 84.8 Å². The van der Waals surface area contributed by atoms with Crippen molar-refractivity contribution in [2.45, 2.75) is 39.7 Å². The number of aryl methyl sites for hydroxylation is 1. The van der Waals surface area contributed by atoms with E-state index in [1.165, 1.54) is 24.1 Å². The fourth-order valence-corrected chi connectivity index (χ4v) is 5.63. The zero-order valence-corrected chi connectivity index (χ0v) is 23.5. The Morgan fingerprint density at radius 3 is 2.20 bits per heavy atom. The SMILES string of the molecule is CCN(CC)C1CCN(c2ccc(-n3ncc4c(Nc5ccc(C)cc5)nc(-c5ccncc5)nc43)cc2)CC1. The summed E-state index contributed by atoms with van der Waals surface area (Å²) in [5.74, 6) is 1.35. The van der Waals surface area contributed by atoms with Gasteiger partial charge in [0, 0.05) is 48.5 Å². The molecule has 0 radical (unpaired) electrons. The number of nitrogens with one attached hydrogen (secondary N) is 1. The molecule has 1 saturated heterocycles.